The van der Waals surface area contributed by atoms with Crippen LogP contribution >= 0.6 is 19.0 Å². The third-order valence-corrected chi connectivity index (χ3v) is 7.99. The van der Waals surface area contributed by atoms with Crippen molar-refractivity contribution in [2.45, 2.75) is 58.8 Å². The van der Waals surface area contributed by atoms with Crippen molar-refractivity contribution in [2.75, 3.05) is 12.1 Å². The molecule has 0 aliphatic carbocycles. The number of hydrogen-bond acceptors (Lipinski definition) is 7. The molecular formula is C22H31ClN7O4P. The highest BCUT2D eigenvalue weighted by atomic mass is 35.5. The maximum absolute atomic E-state index is 14.0. The van der Waals surface area contributed by atoms with E-state index in [0.717, 1.165) is 11.1 Å². The highest BCUT2D eigenvalue weighted by Gasteiger charge is 2.37. The number of ether oxygens (including phenoxy) is 1. The molecule has 190 valence electrons. The van der Waals surface area contributed by atoms with Gasteiger partial charge in [-0.15, -0.1) is 0 Å². The smallest absolute Gasteiger partial charge is 0.323 e. The summed E-state index contributed by atoms with van der Waals surface area (Å²) in [6, 6.07) is 5.06. The molecule has 0 aliphatic heterocycles. The first-order valence-corrected chi connectivity index (χ1v) is 13.3. The van der Waals surface area contributed by atoms with Crippen molar-refractivity contribution in [3.8, 4) is 0 Å². The first-order valence-electron chi connectivity index (χ1n) is 11.0. The summed E-state index contributed by atoms with van der Waals surface area (Å²) in [4.78, 5) is 24.1. The van der Waals surface area contributed by atoms with Gasteiger partial charge in [0.15, 0.2) is 11.5 Å². The molecule has 11 nitrogen and oxygen atoms in total. The molecule has 0 radical (unpaired) electrons. The van der Waals surface area contributed by atoms with E-state index in [4.69, 9.17) is 22.1 Å². The molecule has 5 N–H and O–H groups in total. The average Bonchev–Trinajstić information content (AvgIpc) is 3.15. The zero-order chi connectivity index (χ0) is 26.0. The average molecular weight is 524 g/mol. The second kappa shape index (κ2) is 10.6. The number of nitrogens with zero attached hydrogens (tertiary/aromatic N) is 4. The number of nitrogen functional groups attached to an aromatic ring is 1. The molecule has 0 saturated carbocycles. The van der Waals surface area contributed by atoms with Gasteiger partial charge in [0, 0.05) is 11.1 Å². The van der Waals surface area contributed by atoms with Gasteiger partial charge in [-0.2, -0.15) is 0 Å². The van der Waals surface area contributed by atoms with Gasteiger partial charge in [0.05, 0.1) is 19.0 Å². The van der Waals surface area contributed by atoms with Gasteiger partial charge in [-0.05, 0) is 57.9 Å². The Balaban J connectivity index is 1.77. The van der Waals surface area contributed by atoms with Crippen molar-refractivity contribution in [3.05, 3.63) is 47.0 Å². The van der Waals surface area contributed by atoms with Crippen LogP contribution < -0.4 is 15.9 Å². The van der Waals surface area contributed by atoms with E-state index in [1.807, 2.05) is 32.9 Å². The zero-order valence-electron chi connectivity index (χ0n) is 20.3. The van der Waals surface area contributed by atoms with E-state index in [1.54, 1.807) is 17.0 Å². The number of anilines is 1. The van der Waals surface area contributed by atoms with E-state index in [0.29, 0.717) is 22.7 Å². The van der Waals surface area contributed by atoms with Crippen molar-refractivity contribution >= 4 is 42.0 Å². The second-order valence-electron chi connectivity index (χ2n) is 9.07. The molecule has 2 aromatic heterocycles. The van der Waals surface area contributed by atoms with Gasteiger partial charge in [0.1, 0.15) is 23.7 Å². The maximum atomic E-state index is 14.0. The van der Waals surface area contributed by atoms with Crippen LogP contribution in [0.1, 0.15) is 44.9 Å². The van der Waals surface area contributed by atoms with E-state index in [9.17, 15) is 14.5 Å². The Labute approximate surface area is 208 Å². The van der Waals surface area contributed by atoms with Crippen LogP contribution in [0.5, 0.6) is 0 Å². The van der Waals surface area contributed by atoms with Crippen LogP contribution in [-0.4, -0.2) is 48.6 Å². The summed E-state index contributed by atoms with van der Waals surface area (Å²) in [6.45, 7) is 8.84. The van der Waals surface area contributed by atoms with Crippen LogP contribution in [-0.2, 0) is 20.6 Å². The predicted molar refractivity (Wildman–Crippen MR) is 135 cm³/mol. The molecule has 0 aliphatic rings. The molecule has 13 heteroatoms. The van der Waals surface area contributed by atoms with Gasteiger partial charge in [-0.1, -0.05) is 17.7 Å². The quantitative estimate of drug-likeness (QED) is 0.273. The minimum Gasteiger partial charge on any atom is -0.480 e. The van der Waals surface area contributed by atoms with Gasteiger partial charge < -0.3 is 20.1 Å². The standard InChI is InChI=1S/C22H31ClN7O4P/c1-13-8-16(23)6-7-17(13)15(3)28-35(33,29-22(4,5)21(31)32)12-34-14(2)9-30-11-27-18-19(24)25-10-26-20(18)30/h6-8,10-11,14-15H,9,12H2,1-5H3,(H,31,32)(H2,24,25,26)(H2,28,29,33)/t14-,15-,35-/m1/s1. The lowest BCUT2D eigenvalue weighted by atomic mass is 10.0. The Morgan fingerprint density at radius 3 is 2.69 bits per heavy atom. The zero-order valence-corrected chi connectivity index (χ0v) is 22.0. The first kappa shape index (κ1) is 27.0. The number of nitrogens with one attached hydrogen (secondary N) is 2. The largest absolute Gasteiger partial charge is 0.480 e. The lowest BCUT2D eigenvalue weighted by molar-refractivity contribution is -0.142. The number of aromatic nitrogens is 4. The van der Waals surface area contributed by atoms with E-state index < -0.39 is 25.1 Å². The predicted octanol–water partition coefficient (Wildman–Crippen LogP) is 3.73. The van der Waals surface area contributed by atoms with Gasteiger partial charge in [-0.25, -0.2) is 25.1 Å². The number of aryl methyl sites for hydroxylation is 1. The first-order chi connectivity index (χ1) is 16.3. The van der Waals surface area contributed by atoms with Crippen molar-refractivity contribution < 1.29 is 19.2 Å². The summed E-state index contributed by atoms with van der Waals surface area (Å²) in [5.74, 6) is -0.854. The van der Waals surface area contributed by atoms with Crippen molar-refractivity contribution in [1.82, 2.24) is 29.7 Å². The molecule has 1 aromatic carbocycles. The number of aliphatic carboxylic acids is 1. The van der Waals surface area contributed by atoms with E-state index in [1.165, 1.54) is 20.2 Å². The molecule has 0 saturated heterocycles. The van der Waals surface area contributed by atoms with E-state index in [2.05, 4.69) is 25.1 Å². The number of nitrogens with two attached hydrogens (primary N) is 1. The Hall–Kier alpha value is -2.56. The van der Waals surface area contributed by atoms with Crippen LogP contribution in [0.25, 0.3) is 11.2 Å². The maximum Gasteiger partial charge on any atom is 0.323 e. The Morgan fingerprint density at radius 2 is 2.03 bits per heavy atom. The second-order valence-corrected chi connectivity index (χ2v) is 11.7. The molecule has 2 heterocycles. The lowest BCUT2D eigenvalue weighted by Gasteiger charge is -2.32. The number of halogens is 1. The fourth-order valence-corrected chi connectivity index (χ4v) is 6.36. The van der Waals surface area contributed by atoms with Crippen LogP contribution in [0.15, 0.2) is 30.9 Å². The minimum atomic E-state index is -3.55. The molecule has 0 unspecified atom stereocenters. The number of carbonyl (C=O) groups is 1. The van der Waals surface area contributed by atoms with E-state index in [-0.39, 0.29) is 18.2 Å². The summed E-state index contributed by atoms with van der Waals surface area (Å²) in [5.41, 5.74) is 7.25. The molecule has 0 bridgehead atoms. The fourth-order valence-electron chi connectivity index (χ4n) is 3.70. The van der Waals surface area contributed by atoms with Crippen LogP contribution in [0.2, 0.25) is 5.02 Å². The van der Waals surface area contributed by atoms with Crippen molar-refractivity contribution in [2.24, 2.45) is 0 Å². The van der Waals surface area contributed by atoms with Gasteiger partial charge >= 0.3 is 5.97 Å². The van der Waals surface area contributed by atoms with Gasteiger partial charge in [0.2, 0.25) is 7.44 Å². The monoisotopic (exact) mass is 523 g/mol. The summed E-state index contributed by atoms with van der Waals surface area (Å²) >= 11 is 6.07. The highest BCUT2D eigenvalue weighted by molar-refractivity contribution is 7.59. The number of hydrogen-bond donors (Lipinski definition) is 4. The topological polar surface area (TPSA) is 157 Å². The van der Waals surface area contributed by atoms with E-state index >= 15 is 0 Å². The number of carboxylic acid groups (broad SMARTS) is 1. The number of carboxylic acids is 1. The normalized spacial score (nSPS) is 15.6. The number of imidazole rings is 1. The number of fused-ring (bicyclic) bond motifs is 1. The van der Waals surface area contributed by atoms with Crippen LogP contribution in [0.4, 0.5) is 5.82 Å². The molecule has 35 heavy (non-hydrogen) atoms. The van der Waals surface area contributed by atoms with Crippen molar-refractivity contribution in [3.63, 3.8) is 0 Å². The Bertz CT molecular complexity index is 1270. The van der Waals surface area contributed by atoms with Crippen molar-refractivity contribution in [1.29, 1.82) is 0 Å². The molecule has 0 spiro atoms. The molecular weight excluding hydrogens is 493 g/mol. The summed E-state index contributed by atoms with van der Waals surface area (Å²) in [5, 5.41) is 16.1. The molecule has 0 amide bonds. The molecule has 3 aromatic rings. The molecule has 0 fully saturated rings. The fraction of sp³-hybridized carbons (Fsp3) is 0.455. The molecule has 3 rings (SSSR count). The minimum absolute atomic E-state index is 0.244. The van der Waals surface area contributed by atoms with Gasteiger partial charge in [-0.3, -0.25) is 9.36 Å². The SMILES string of the molecule is Cc1cc(Cl)ccc1[C@@H](C)N[P@](=O)(CO[C@H](C)Cn1cnc2c(N)ncnc21)NC(C)(C)C(=O)O. The summed E-state index contributed by atoms with van der Waals surface area (Å²) < 4.78 is 21.7. The third kappa shape index (κ3) is 6.56. The third-order valence-electron chi connectivity index (χ3n) is 5.52. The number of rotatable bonds is 11. The Morgan fingerprint density at radius 1 is 1.31 bits per heavy atom. The summed E-state index contributed by atoms with van der Waals surface area (Å²) in [7, 11) is -3.55. The molecule has 3 atom stereocenters. The van der Waals surface area contributed by atoms with Crippen LogP contribution in [0.3, 0.4) is 0 Å². The highest BCUT2D eigenvalue weighted by Crippen LogP contribution is 2.42. The summed E-state index contributed by atoms with van der Waals surface area (Å²) in [6.07, 6.45) is 2.30. The Kier molecular flexibility index (Phi) is 8.18. The number of benzene rings is 1. The van der Waals surface area contributed by atoms with Gasteiger partial charge in [0.25, 0.3) is 0 Å². The van der Waals surface area contributed by atoms with Crippen LogP contribution in [0, 0.1) is 6.92 Å². The lowest BCUT2D eigenvalue weighted by Crippen LogP contribution is -2.48.